The van der Waals surface area contributed by atoms with Gasteiger partial charge in [0.05, 0.1) is 4.92 Å². The first-order chi connectivity index (χ1) is 8.13. The van der Waals surface area contributed by atoms with Gasteiger partial charge in [-0.25, -0.2) is 0 Å². The van der Waals surface area contributed by atoms with Gasteiger partial charge in [-0.15, -0.1) is 0 Å². The smallest absolute Gasteiger partial charge is 0.269 e. The minimum absolute atomic E-state index is 0.0232. The Kier molecular flexibility index (Phi) is 4.89. The molecule has 3 N–H and O–H groups in total. The molecule has 0 heterocycles. The molecular weight excluding hydrogens is 226 g/mol. The third-order valence-corrected chi connectivity index (χ3v) is 1.88. The number of hydrogen-bond donors (Lipinski definition) is 2. The molecule has 0 spiro atoms. The second-order valence-corrected chi connectivity index (χ2v) is 3.18. The van der Waals surface area contributed by atoms with Crippen LogP contribution in [-0.2, 0) is 4.79 Å². The van der Waals surface area contributed by atoms with Crippen molar-refractivity contribution in [2.24, 2.45) is 5.73 Å². The standard InChI is InChI=1S/C10H13N3O4/c11-5-6-12-10(14)7-17-9-3-1-8(2-4-9)13(15)16/h1-4H,5-7,11H2,(H,12,14). The van der Waals surface area contributed by atoms with Gasteiger partial charge < -0.3 is 15.8 Å². The van der Waals surface area contributed by atoms with Crippen LogP contribution >= 0.6 is 0 Å². The number of nitrogens with two attached hydrogens (primary N) is 1. The largest absolute Gasteiger partial charge is 0.484 e. The van der Waals surface area contributed by atoms with E-state index in [1.807, 2.05) is 0 Å². The van der Waals surface area contributed by atoms with Crippen molar-refractivity contribution in [3.05, 3.63) is 34.4 Å². The molecule has 1 aromatic rings. The van der Waals surface area contributed by atoms with Crippen LogP contribution < -0.4 is 15.8 Å². The van der Waals surface area contributed by atoms with Crippen LogP contribution in [0.3, 0.4) is 0 Å². The van der Waals surface area contributed by atoms with Gasteiger partial charge in [0.25, 0.3) is 11.6 Å². The number of nitrogens with one attached hydrogen (secondary N) is 1. The molecule has 1 aromatic carbocycles. The summed E-state index contributed by atoms with van der Waals surface area (Å²) in [5.74, 6) is 0.118. The van der Waals surface area contributed by atoms with E-state index in [-0.39, 0.29) is 18.2 Å². The molecule has 17 heavy (non-hydrogen) atoms. The first kappa shape index (κ1) is 12.9. The van der Waals surface area contributed by atoms with Crippen molar-refractivity contribution in [2.45, 2.75) is 0 Å². The second kappa shape index (κ2) is 6.44. The van der Waals surface area contributed by atoms with Crippen LogP contribution in [0.4, 0.5) is 5.69 Å². The lowest BCUT2D eigenvalue weighted by Crippen LogP contribution is -2.32. The molecule has 7 heteroatoms. The number of carbonyl (C=O) groups excluding carboxylic acids is 1. The van der Waals surface area contributed by atoms with E-state index < -0.39 is 4.92 Å². The maximum absolute atomic E-state index is 11.2. The van der Waals surface area contributed by atoms with Crippen LogP contribution in [0.1, 0.15) is 0 Å². The SMILES string of the molecule is NCCNC(=O)COc1ccc([N+](=O)[O-])cc1. The van der Waals surface area contributed by atoms with Gasteiger partial charge in [-0.1, -0.05) is 0 Å². The molecule has 0 aliphatic heterocycles. The van der Waals surface area contributed by atoms with E-state index in [1.165, 1.54) is 24.3 Å². The third-order valence-electron chi connectivity index (χ3n) is 1.88. The molecule has 0 radical (unpaired) electrons. The maximum Gasteiger partial charge on any atom is 0.269 e. The van der Waals surface area contributed by atoms with E-state index >= 15 is 0 Å². The molecule has 1 rings (SSSR count). The van der Waals surface area contributed by atoms with Crippen molar-refractivity contribution in [3.63, 3.8) is 0 Å². The number of nitro groups is 1. The first-order valence-corrected chi connectivity index (χ1v) is 4.97. The number of hydrogen-bond acceptors (Lipinski definition) is 5. The molecule has 1 amide bonds. The van der Waals surface area contributed by atoms with Crippen molar-refractivity contribution >= 4 is 11.6 Å². The maximum atomic E-state index is 11.2. The fraction of sp³-hybridized carbons (Fsp3) is 0.300. The van der Waals surface area contributed by atoms with Crippen molar-refractivity contribution in [1.29, 1.82) is 0 Å². The Hall–Kier alpha value is -2.15. The molecule has 0 saturated carbocycles. The molecule has 0 fully saturated rings. The molecule has 0 unspecified atom stereocenters. The van der Waals surface area contributed by atoms with Crippen LogP contribution in [0.2, 0.25) is 0 Å². The van der Waals surface area contributed by atoms with Crippen LogP contribution in [-0.4, -0.2) is 30.5 Å². The minimum atomic E-state index is -0.502. The lowest BCUT2D eigenvalue weighted by atomic mass is 10.3. The van der Waals surface area contributed by atoms with E-state index in [9.17, 15) is 14.9 Å². The number of amides is 1. The molecular formula is C10H13N3O4. The van der Waals surface area contributed by atoms with Gasteiger partial charge in [-0.05, 0) is 12.1 Å². The topological polar surface area (TPSA) is 107 Å². The average molecular weight is 239 g/mol. The predicted molar refractivity (Wildman–Crippen MR) is 60.7 cm³/mol. The Morgan fingerprint density at radius 2 is 2.06 bits per heavy atom. The summed E-state index contributed by atoms with van der Waals surface area (Å²) in [6.07, 6.45) is 0. The van der Waals surface area contributed by atoms with Gasteiger partial charge in [0, 0.05) is 25.2 Å². The number of ether oxygens (including phenoxy) is 1. The van der Waals surface area contributed by atoms with Crippen molar-refractivity contribution in [2.75, 3.05) is 19.7 Å². The summed E-state index contributed by atoms with van der Waals surface area (Å²) in [7, 11) is 0. The molecule has 0 atom stereocenters. The van der Waals surface area contributed by atoms with Gasteiger partial charge in [0.1, 0.15) is 5.75 Å². The summed E-state index contributed by atoms with van der Waals surface area (Å²) in [5.41, 5.74) is 5.19. The fourth-order valence-electron chi connectivity index (χ4n) is 1.08. The van der Waals surface area contributed by atoms with E-state index in [0.717, 1.165) is 0 Å². The molecule has 0 aromatic heterocycles. The fourth-order valence-corrected chi connectivity index (χ4v) is 1.08. The highest BCUT2D eigenvalue weighted by atomic mass is 16.6. The highest BCUT2D eigenvalue weighted by molar-refractivity contribution is 5.77. The highest BCUT2D eigenvalue weighted by Crippen LogP contribution is 2.16. The van der Waals surface area contributed by atoms with Gasteiger partial charge in [0.15, 0.2) is 6.61 Å². The summed E-state index contributed by atoms with van der Waals surface area (Å²) in [6.45, 7) is 0.615. The highest BCUT2D eigenvalue weighted by Gasteiger charge is 2.05. The van der Waals surface area contributed by atoms with E-state index in [1.54, 1.807) is 0 Å². The monoisotopic (exact) mass is 239 g/mol. The molecule has 92 valence electrons. The predicted octanol–water partition coefficient (Wildman–Crippen LogP) is 0.0485. The number of nitrogens with zero attached hydrogens (tertiary/aromatic N) is 1. The Morgan fingerprint density at radius 1 is 1.41 bits per heavy atom. The molecule has 0 bridgehead atoms. The minimum Gasteiger partial charge on any atom is -0.484 e. The van der Waals surface area contributed by atoms with Crippen LogP contribution in [0.25, 0.3) is 0 Å². The Labute approximate surface area is 97.7 Å². The Balaban J connectivity index is 2.42. The number of non-ortho nitro benzene ring substituents is 1. The quantitative estimate of drug-likeness (QED) is 0.538. The summed E-state index contributed by atoms with van der Waals surface area (Å²) in [5, 5.41) is 12.9. The Morgan fingerprint density at radius 3 is 2.59 bits per heavy atom. The lowest BCUT2D eigenvalue weighted by molar-refractivity contribution is -0.384. The average Bonchev–Trinajstić information content (AvgIpc) is 2.34. The summed E-state index contributed by atoms with van der Waals surface area (Å²) in [6, 6.07) is 5.50. The van der Waals surface area contributed by atoms with Gasteiger partial charge >= 0.3 is 0 Å². The molecule has 0 aliphatic rings. The normalized spacial score (nSPS) is 9.71. The number of carbonyl (C=O) groups is 1. The molecule has 0 aliphatic carbocycles. The molecule has 0 saturated heterocycles. The number of rotatable bonds is 6. The van der Waals surface area contributed by atoms with Gasteiger partial charge in [-0.3, -0.25) is 14.9 Å². The molecule has 7 nitrogen and oxygen atoms in total. The van der Waals surface area contributed by atoms with Gasteiger partial charge in [-0.2, -0.15) is 0 Å². The zero-order valence-electron chi connectivity index (χ0n) is 9.09. The van der Waals surface area contributed by atoms with Crippen LogP contribution in [0.15, 0.2) is 24.3 Å². The van der Waals surface area contributed by atoms with Crippen molar-refractivity contribution < 1.29 is 14.5 Å². The van der Waals surface area contributed by atoms with E-state index in [0.29, 0.717) is 18.8 Å². The second-order valence-electron chi connectivity index (χ2n) is 3.18. The number of benzene rings is 1. The Bertz CT molecular complexity index is 391. The van der Waals surface area contributed by atoms with Crippen molar-refractivity contribution in [3.8, 4) is 5.75 Å². The lowest BCUT2D eigenvalue weighted by Gasteiger charge is -2.06. The summed E-state index contributed by atoms with van der Waals surface area (Å²) in [4.78, 5) is 21.0. The summed E-state index contributed by atoms with van der Waals surface area (Å²) >= 11 is 0. The van der Waals surface area contributed by atoms with Crippen molar-refractivity contribution in [1.82, 2.24) is 5.32 Å². The van der Waals surface area contributed by atoms with Gasteiger partial charge in [0.2, 0.25) is 0 Å². The van der Waals surface area contributed by atoms with E-state index in [4.69, 9.17) is 10.5 Å². The third kappa shape index (κ3) is 4.47. The van der Waals surface area contributed by atoms with Crippen LogP contribution in [0.5, 0.6) is 5.75 Å². The van der Waals surface area contributed by atoms with E-state index in [2.05, 4.69) is 5.32 Å². The first-order valence-electron chi connectivity index (χ1n) is 4.97. The zero-order chi connectivity index (χ0) is 12.7. The summed E-state index contributed by atoms with van der Waals surface area (Å²) < 4.78 is 5.12. The van der Waals surface area contributed by atoms with Crippen LogP contribution in [0, 0.1) is 10.1 Å². The zero-order valence-corrected chi connectivity index (χ0v) is 9.09. The number of nitro benzene ring substituents is 1.